The monoisotopic (exact) mass is 292 g/mol. The number of allylic oxidation sites excluding steroid dienone is 2. The van der Waals surface area contributed by atoms with Crippen LogP contribution >= 0.6 is 0 Å². The van der Waals surface area contributed by atoms with Gasteiger partial charge in [-0.3, -0.25) is 4.79 Å². The summed E-state index contributed by atoms with van der Waals surface area (Å²) in [6.07, 6.45) is 4.65. The lowest BCUT2D eigenvalue weighted by atomic mass is 10.1. The fourth-order valence-electron chi connectivity index (χ4n) is 2.34. The van der Waals surface area contributed by atoms with Crippen molar-refractivity contribution in [3.05, 3.63) is 59.3 Å². The standard InChI is InChI=1S/C16H14F2N2O.2H2/c17-12-5-6-14-11(7-12)8-15(20-14)16(21)19-9-10-3-1-2-4-13(10)18;;/h1,3,5-8,20H,2,4,9H2,(H,19,21);2*1H. The number of benzene rings is 1. The Kier molecular flexibility index (Phi) is 3.56. The number of aromatic nitrogens is 1. The Hall–Kier alpha value is -2.43. The molecule has 0 bridgehead atoms. The summed E-state index contributed by atoms with van der Waals surface area (Å²) in [5.74, 6) is -0.879. The molecule has 21 heavy (non-hydrogen) atoms. The molecule has 0 unspecified atom stereocenters. The molecule has 2 N–H and O–H groups in total. The Morgan fingerprint density at radius 3 is 3.00 bits per heavy atom. The van der Waals surface area contributed by atoms with E-state index in [1.807, 2.05) is 6.08 Å². The first-order valence-corrected chi connectivity index (χ1v) is 6.74. The molecule has 1 aromatic heterocycles. The second kappa shape index (κ2) is 5.52. The van der Waals surface area contributed by atoms with E-state index in [4.69, 9.17) is 0 Å². The Bertz CT molecular complexity index is 769. The maximum Gasteiger partial charge on any atom is 0.267 e. The summed E-state index contributed by atoms with van der Waals surface area (Å²) in [6.45, 7) is 0.144. The highest BCUT2D eigenvalue weighted by Gasteiger charge is 2.12. The minimum atomic E-state index is -0.354. The molecule has 1 aromatic carbocycles. The number of carbonyl (C=O) groups is 1. The van der Waals surface area contributed by atoms with Crippen LogP contribution in [-0.2, 0) is 0 Å². The zero-order valence-electron chi connectivity index (χ0n) is 11.2. The molecule has 0 aliphatic heterocycles. The van der Waals surface area contributed by atoms with Crippen LogP contribution < -0.4 is 5.32 Å². The van der Waals surface area contributed by atoms with E-state index in [1.54, 1.807) is 18.2 Å². The van der Waals surface area contributed by atoms with Gasteiger partial charge < -0.3 is 10.3 Å². The van der Waals surface area contributed by atoms with E-state index in [0.717, 1.165) is 0 Å². The van der Waals surface area contributed by atoms with Gasteiger partial charge in [0.2, 0.25) is 0 Å². The molecule has 0 radical (unpaired) electrons. The van der Waals surface area contributed by atoms with Crippen LogP contribution in [0.2, 0.25) is 0 Å². The lowest BCUT2D eigenvalue weighted by molar-refractivity contribution is 0.0953. The van der Waals surface area contributed by atoms with Gasteiger partial charge in [-0.1, -0.05) is 12.2 Å². The van der Waals surface area contributed by atoms with Gasteiger partial charge in [-0.05, 0) is 30.7 Å². The second-order valence-corrected chi connectivity index (χ2v) is 4.97. The highest BCUT2D eigenvalue weighted by molar-refractivity contribution is 5.98. The minimum Gasteiger partial charge on any atom is -0.351 e. The SMILES string of the molecule is O=C(NCC1=C(F)CCC=C1)c1cc2cc(F)ccc2[nH]1.[HH].[HH]. The van der Waals surface area contributed by atoms with Crippen LogP contribution in [0.4, 0.5) is 8.78 Å². The van der Waals surface area contributed by atoms with Crippen molar-refractivity contribution in [3.8, 4) is 0 Å². The predicted molar refractivity (Wildman–Crippen MR) is 81.3 cm³/mol. The number of amides is 1. The zero-order chi connectivity index (χ0) is 14.8. The number of rotatable bonds is 3. The average molecular weight is 292 g/mol. The van der Waals surface area contributed by atoms with Gasteiger partial charge in [-0.2, -0.15) is 0 Å². The Balaban J connectivity index is 0.00000132. The first-order valence-electron chi connectivity index (χ1n) is 6.74. The molecule has 3 nitrogen and oxygen atoms in total. The van der Waals surface area contributed by atoms with Crippen LogP contribution in [-0.4, -0.2) is 17.4 Å². The van der Waals surface area contributed by atoms with Crippen molar-refractivity contribution in [2.75, 3.05) is 6.54 Å². The largest absolute Gasteiger partial charge is 0.351 e. The first kappa shape index (κ1) is 13.5. The lowest BCUT2D eigenvalue weighted by Crippen LogP contribution is -2.26. The van der Waals surface area contributed by atoms with Crippen LogP contribution in [0.15, 0.2) is 47.8 Å². The van der Waals surface area contributed by atoms with Crippen molar-refractivity contribution < 1.29 is 16.4 Å². The van der Waals surface area contributed by atoms with E-state index < -0.39 is 0 Å². The number of fused-ring (bicyclic) bond motifs is 1. The Morgan fingerprint density at radius 2 is 2.19 bits per heavy atom. The maximum atomic E-state index is 13.5. The van der Waals surface area contributed by atoms with Gasteiger partial charge in [-0.15, -0.1) is 0 Å². The predicted octanol–water partition coefficient (Wildman–Crippen LogP) is 4.10. The Labute approximate surface area is 123 Å². The van der Waals surface area contributed by atoms with Gasteiger partial charge in [0.1, 0.15) is 17.3 Å². The fraction of sp³-hybridized carbons (Fsp3) is 0.188. The first-order chi connectivity index (χ1) is 10.1. The summed E-state index contributed by atoms with van der Waals surface area (Å²) in [5, 5.41) is 3.29. The molecule has 2 aromatic rings. The van der Waals surface area contributed by atoms with E-state index in [2.05, 4.69) is 10.3 Å². The molecule has 0 spiro atoms. The molecule has 0 saturated heterocycles. The molecule has 3 rings (SSSR count). The van der Waals surface area contributed by atoms with Gasteiger partial charge in [-0.25, -0.2) is 8.78 Å². The molecular weight excluding hydrogens is 274 g/mol. The van der Waals surface area contributed by atoms with Crippen molar-refractivity contribution in [2.24, 2.45) is 0 Å². The summed E-state index contributed by atoms with van der Waals surface area (Å²) in [6, 6.07) is 5.84. The molecule has 1 heterocycles. The van der Waals surface area contributed by atoms with Crippen molar-refractivity contribution in [2.45, 2.75) is 12.8 Å². The van der Waals surface area contributed by atoms with Crippen molar-refractivity contribution >= 4 is 16.8 Å². The number of hydrogen-bond donors (Lipinski definition) is 2. The Morgan fingerprint density at radius 1 is 1.33 bits per heavy atom. The van der Waals surface area contributed by atoms with Gasteiger partial charge in [0.15, 0.2) is 0 Å². The summed E-state index contributed by atoms with van der Waals surface area (Å²) in [7, 11) is 0. The number of nitrogens with one attached hydrogen (secondary N) is 2. The molecule has 112 valence electrons. The molecule has 1 aliphatic carbocycles. The van der Waals surface area contributed by atoms with E-state index in [1.165, 1.54) is 12.1 Å². The van der Waals surface area contributed by atoms with Crippen molar-refractivity contribution in [1.29, 1.82) is 0 Å². The molecule has 1 amide bonds. The number of carbonyl (C=O) groups excluding carboxylic acids is 1. The fourth-order valence-corrected chi connectivity index (χ4v) is 2.34. The summed E-state index contributed by atoms with van der Waals surface area (Å²) >= 11 is 0. The van der Waals surface area contributed by atoms with E-state index in [0.29, 0.717) is 35.0 Å². The molecule has 1 aliphatic rings. The second-order valence-electron chi connectivity index (χ2n) is 4.97. The van der Waals surface area contributed by atoms with E-state index in [-0.39, 0.29) is 26.9 Å². The average Bonchev–Trinajstić information content (AvgIpc) is 2.89. The molecular formula is C16H18F2N2O. The molecule has 0 saturated carbocycles. The van der Waals surface area contributed by atoms with E-state index in [9.17, 15) is 13.6 Å². The summed E-state index contributed by atoms with van der Waals surface area (Å²) in [5.41, 5.74) is 1.51. The van der Waals surface area contributed by atoms with Gasteiger partial charge in [0, 0.05) is 32.3 Å². The quantitative estimate of drug-likeness (QED) is 0.878. The van der Waals surface area contributed by atoms with Crippen LogP contribution in [0, 0.1) is 5.82 Å². The van der Waals surface area contributed by atoms with Crippen molar-refractivity contribution in [1.82, 2.24) is 10.3 Å². The van der Waals surface area contributed by atoms with Crippen LogP contribution in [0.3, 0.4) is 0 Å². The van der Waals surface area contributed by atoms with Crippen molar-refractivity contribution in [3.63, 3.8) is 0 Å². The van der Waals surface area contributed by atoms with E-state index >= 15 is 0 Å². The molecule has 5 heteroatoms. The third-order valence-electron chi connectivity index (χ3n) is 3.46. The third kappa shape index (κ3) is 2.86. The minimum absolute atomic E-state index is 0. The molecule has 0 atom stereocenters. The van der Waals surface area contributed by atoms with Gasteiger partial charge in [0.25, 0.3) is 5.91 Å². The smallest absolute Gasteiger partial charge is 0.267 e. The third-order valence-corrected chi connectivity index (χ3v) is 3.46. The van der Waals surface area contributed by atoms with Crippen LogP contribution in [0.5, 0.6) is 0 Å². The number of halogens is 2. The molecule has 0 fully saturated rings. The number of aromatic amines is 1. The highest BCUT2D eigenvalue weighted by atomic mass is 19.1. The number of H-pyrrole nitrogens is 1. The topological polar surface area (TPSA) is 44.9 Å². The summed E-state index contributed by atoms with van der Waals surface area (Å²) in [4.78, 5) is 15.0. The van der Waals surface area contributed by atoms with Gasteiger partial charge >= 0.3 is 0 Å². The van der Waals surface area contributed by atoms with Gasteiger partial charge in [0.05, 0.1) is 0 Å². The van der Waals surface area contributed by atoms with Crippen LogP contribution in [0.25, 0.3) is 10.9 Å². The lowest BCUT2D eigenvalue weighted by Gasteiger charge is -2.10. The highest BCUT2D eigenvalue weighted by Crippen LogP contribution is 2.20. The normalized spacial score (nSPS) is 14.8. The summed E-state index contributed by atoms with van der Waals surface area (Å²) < 4.78 is 26.7. The zero-order valence-corrected chi connectivity index (χ0v) is 11.2. The van der Waals surface area contributed by atoms with Crippen LogP contribution in [0.1, 0.15) is 26.2 Å². The maximum absolute atomic E-state index is 13.5. The number of hydrogen-bond acceptors (Lipinski definition) is 1.